The molecular formula is C10H13ClOS. The third-order valence-corrected chi connectivity index (χ3v) is 2.26. The van der Waals surface area contributed by atoms with Crippen LogP contribution in [0.4, 0.5) is 0 Å². The number of thiol groups is 1. The molecule has 0 atom stereocenters. The van der Waals surface area contributed by atoms with Gasteiger partial charge in [-0.3, -0.25) is 0 Å². The van der Waals surface area contributed by atoms with E-state index in [1.54, 1.807) is 6.07 Å². The maximum Gasteiger partial charge on any atom is 0.132 e. The second kappa shape index (κ2) is 5.40. The van der Waals surface area contributed by atoms with E-state index < -0.39 is 0 Å². The number of unbranched alkanes of at least 4 members (excludes halogenated alkanes) is 1. The SMILES string of the molecule is CCCCOc1ccc(Cl)cc1S. The molecule has 0 aliphatic rings. The molecule has 0 amide bonds. The van der Waals surface area contributed by atoms with E-state index in [0.717, 1.165) is 30.1 Å². The van der Waals surface area contributed by atoms with Crippen molar-refractivity contribution in [2.24, 2.45) is 0 Å². The molecule has 0 saturated carbocycles. The van der Waals surface area contributed by atoms with Crippen LogP contribution >= 0.6 is 24.2 Å². The third-order valence-electron chi connectivity index (χ3n) is 1.68. The van der Waals surface area contributed by atoms with Crippen LogP contribution in [-0.2, 0) is 0 Å². The Morgan fingerprint density at radius 2 is 2.23 bits per heavy atom. The molecule has 3 heteroatoms. The van der Waals surface area contributed by atoms with Crippen molar-refractivity contribution in [2.45, 2.75) is 24.7 Å². The molecule has 0 spiro atoms. The van der Waals surface area contributed by atoms with Gasteiger partial charge in [-0.15, -0.1) is 12.6 Å². The molecule has 0 aliphatic carbocycles. The molecule has 13 heavy (non-hydrogen) atoms. The van der Waals surface area contributed by atoms with Crippen LogP contribution in [-0.4, -0.2) is 6.61 Å². The lowest BCUT2D eigenvalue weighted by Gasteiger charge is -2.07. The Balaban J connectivity index is 2.56. The first-order valence-electron chi connectivity index (χ1n) is 4.35. The summed E-state index contributed by atoms with van der Waals surface area (Å²) >= 11 is 10.0. The second-order valence-electron chi connectivity index (χ2n) is 2.81. The van der Waals surface area contributed by atoms with Crippen LogP contribution in [0.25, 0.3) is 0 Å². The summed E-state index contributed by atoms with van der Waals surface area (Å²) < 4.78 is 5.50. The highest BCUT2D eigenvalue weighted by Gasteiger charge is 1.99. The van der Waals surface area contributed by atoms with Gasteiger partial charge in [0.15, 0.2) is 0 Å². The topological polar surface area (TPSA) is 9.23 Å². The molecule has 0 saturated heterocycles. The summed E-state index contributed by atoms with van der Waals surface area (Å²) in [7, 11) is 0. The van der Waals surface area contributed by atoms with Crippen LogP contribution in [0.2, 0.25) is 5.02 Å². The average Bonchev–Trinajstić information content (AvgIpc) is 2.09. The van der Waals surface area contributed by atoms with Crippen molar-refractivity contribution >= 4 is 24.2 Å². The van der Waals surface area contributed by atoms with Gasteiger partial charge < -0.3 is 4.74 Å². The van der Waals surface area contributed by atoms with Crippen LogP contribution in [0.5, 0.6) is 5.75 Å². The molecular weight excluding hydrogens is 204 g/mol. The molecule has 0 unspecified atom stereocenters. The van der Waals surface area contributed by atoms with Gasteiger partial charge in [-0.25, -0.2) is 0 Å². The lowest BCUT2D eigenvalue weighted by atomic mass is 10.3. The zero-order valence-corrected chi connectivity index (χ0v) is 9.24. The fraction of sp³-hybridized carbons (Fsp3) is 0.400. The maximum absolute atomic E-state index is 5.77. The van der Waals surface area contributed by atoms with Gasteiger partial charge in [-0.1, -0.05) is 24.9 Å². The second-order valence-corrected chi connectivity index (χ2v) is 3.73. The van der Waals surface area contributed by atoms with Crippen molar-refractivity contribution in [1.29, 1.82) is 0 Å². The largest absolute Gasteiger partial charge is 0.492 e. The lowest BCUT2D eigenvalue weighted by Crippen LogP contribution is -1.96. The Labute approximate surface area is 89.5 Å². The molecule has 0 heterocycles. The molecule has 0 N–H and O–H groups in total. The lowest BCUT2D eigenvalue weighted by molar-refractivity contribution is 0.302. The van der Waals surface area contributed by atoms with Crippen LogP contribution in [0.1, 0.15) is 19.8 Å². The number of hydrogen-bond donors (Lipinski definition) is 1. The highest BCUT2D eigenvalue weighted by atomic mass is 35.5. The summed E-state index contributed by atoms with van der Waals surface area (Å²) in [6.07, 6.45) is 2.20. The fourth-order valence-corrected chi connectivity index (χ4v) is 1.47. The Kier molecular flexibility index (Phi) is 4.46. The average molecular weight is 217 g/mol. The first kappa shape index (κ1) is 10.7. The van der Waals surface area contributed by atoms with E-state index in [-0.39, 0.29) is 0 Å². The Bertz CT molecular complexity index is 276. The predicted octanol–water partition coefficient (Wildman–Crippen LogP) is 3.81. The monoisotopic (exact) mass is 216 g/mol. The molecule has 0 bridgehead atoms. The van der Waals surface area contributed by atoms with E-state index in [1.807, 2.05) is 12.1 Å². The molecule has 72 valence electrons. The molecule has 1 rings (SSSR count). The summed E-state index contributed by atoms with van der Waals surface area (Å²) in [5.41, 5.74) is 0. The van der Waals surface area contributed by atoms with Crippen molar-refractivity contribution in [3.63, 3.8) is 0 Å². The molecule has 0 aliphatic heterocycles. The smallest absolute Gasteiger partial charge is 0.132 e. The third kappa shape index (κ3) is 3.49. The standard InChI is InChI=1S/C10H13ClOS/c1-2-3-6-12-9-5-4-8(11)7-10(9)13/h4-5,7,13H,2-3,6H2,1H3. The minimum absolute atomic E-state index is 0.688. The fourth-order valence-electron chi connectivity index (χ4n) is 0.939. The summed E-state index contributed by atoms with van der Waals surface area (Å²) in [6.45, 7) is 2.87. The Hall–Kier alpha value is -0.340. The van der Waals surface area contributed by atoms with E-state index in [1.165, 1.54) is 0 Å². The van der Waals surface area contributed by atoms with Gasteiger partial charge in [0.1, 0.15) is 5.75 Å². The molecule has 1 aromatic carbocycles. The summed E-state index contributed by atoms with van der Waals surface area (Å²) in [5.74, 6) is 0.807. The van der Waals surface area contributed by atoms with Gasteiger partial charge in [-0.2, -0.15) is 0 Å². The van der Waals surface area contributed by atoms with E-state index in [0.29, 0.717) is 5.02 Å². The van der Waals surface area contributed by atoms with Gasteiger partial charge in [-0.05, 0) is 24.6 Å². The van der Waals surface area contributed by atoms with Crippen molar-refractivity contribution < 1.29 is 4.74 Å². The molecule has 0 fully saturated rings. The van der Waals surface area contributed by atoms with E-state index in [9.17, 15) is 0 Å². The molecule has 1 aromatic rings. The highest BCUT2D eigenvalue weighted by Crippen LogP contribution is 2.25. The number of halogens is 1. The van der Waals surface area contributed by atoms with Crippen LogP contribution in [0, 0.1) is 0 Å². The van der Waals surface area contributed by atoms with Crippen LogP contribution in [0.3, 0.4) is 0 Å². The minimum Gasteiger partial charge on any atom is -0.492 e. The Morgan fingerprint density at radius 3 is 2.85 bits per heavy atom. The first-order chi connectivity index (χ1) is 6.24. The van der Waals surface area contributed by atoms with Gasteiger partial charge in [0.25, 0.3) is 0 Å². The van der Waals surface area contributed by atoms with Crippen molar-refractivity contribution in [2.75, 3.05) is 6.61 Å². The van der Waals surface area contributed by atoms with Crippen molar-refractivity contribution in [3.8, 4) is 5.75 Å². The minimum atomic E-state index is 0.688. The van der Waals surface area contributed by atoms with E-state index in [4.69, 9.17) is 16.3 Å². The number of benzene rings is 1. The summed E-state index contributed by atoms with van der Waals surface area (Å²) in [5, 5.41) is 0.688. The predicted molar refractivity (Wildman–Crippen MR) is 59.1 cm³/mol. The normalized spacial score (nSPS) is 10.1. The van der Waals surface area contributed by atoms with Gasteiger partial charge >= 0.3 is 0 Å². The van der Waals surface area contributed by atoms with Crippen molar-refractivity contribution in [3.05, 3.63) is 23.2 Å². The number of hydrogen-bond acceptors (Lipinski definition) is 2. The van der Waals surface area contributed by atoms with E-state index >= 15 is 0 Å². The van der Waals surface area contributed by atoms with Crippen LogP contribution in [0.15, 0.2) is 23.1 Å². The zero-order chi connectivity index (χ0) is 9.68. The summed E-state index contributed by atoms with van der Waals surface area (Å²) in [6, 6.07) is 5.44. The summed E-state index contributed by atoms with van der Waals surface area (Å²) in [4.78, 5) is 0.795. The van der Waals surface area contributed by atoms with Crippen LogP contribution < -0.4 is 4.74 Å². The molecule has 0 radical (unpaired) electrons. The number of ether oxygens (including phenoxy) is 1. The quantitative estimate of drug-likeness (QED) is 0.595. The molecule has 1 nitrogen and oxygen atoms in total. The first-order valence-corrected chi connectivity index (χ1v) is 5.18. The van der Waals surface area contributed by atoms with Gasteiger partial charge in [0.05, 0.1) is 6.61 Å². The van der Waals surface area contributed by atoms with Gasteiger partial charge in [0.2, 0.25) is 0 Å². The highest BCUT2D eigenvalue weighted by molar-refractivity contribution is 7.80. The van der Waals surface area contributed by atoms with E-state index in [2.05, 4.69) is 19.6 Å². The number of rotatable bonds is 4. The zero-order valence-electron chi connectivity index (χ0n) is 7.59. The Morgan fingerprint density at radius 1 is 1.46 bits per heavy atom. The van der Waals surface area contributed by atoms with Crippen molar-refractivity contribution in [1.82, 2.24) is 0 Å². The maximum atomic E-state index is 5.77. The van der Waals surface area contributed by atoms with Gasteiger partial charge in [0, 0.05) is 9.92 Å². The molecule has 0 aromatic heterocycles.